The minimum Gasteiger partial charge on any atom is -0.469 e. The van der Waals surface area contributed by atoms with Crippen molar-refractivity contribution in [1.29, 1.82) is 0 Å². The topological polar surface area (TPSA) is 52.6 Å². The van der Waals surface area contributed by atoms with Crippen LogP contribution < -0.4 is 0 Å². The molecule has 4 aliphatic rings. The number of hydrogen-bond acceptors (Lipinski definition) is 4. The van der Waals surface area contributed by atoms with E-state index in [1.807, 2.05) is 0 Å². The van der Waals surface area contributed by atoms with Crippen molar-refractivity contribution in [2.75, 3.05) is 7.11 Å². The maximum absolute atomic E-state index is 15.8. The lowest BCUT2D eigenvalue weighted by Crippen LogP contribution is -2.60. The van der Waals surface area contributed by atoms with Crippen LogP contribution in [0, 0.1) is 46.3 Å². The van der Waals surface area contributed by atoms with Crippen molar-refractivity contribution in [3.8, 4) is 0 Å². The normalized spacial score (nSPS) is 44.7. The Morgan fingerprint density at radius 2 is 1.70 bits per heavy atom. The molecule has 4 nitrogen and oxygen atoms in total. The number of methoxy groups -OCH3 is 1. The summed E-state index contributed by atoms with van der Waals surface area (Å²) in [5.41, 5.74) is -0.316. The largest absolute Gasteiger partial charge is 0.469 e. The van der Waals surface area contributed by atoms with Crippen LogP contribution in [-0.4, -0.2) is 31.1 Å². The lowest BCUT2D eigenvalue weighted by molar-refractivity contribution is -0.237. The van der Waals surface area contributed by atoms with Crippen LogP contribution in [0.4, 0.5) is 8.78 Å². The Labute approximate surface area is 197 Å². The summed E-state index contributed by atoms with van der Waals surface area (Å²) in [6, 6.07) is 0. The summed E-state index contributed by atoms with van der Waals surface area (Å²) in [6.45, 7) is 8.06. The maximum atomic E-state index is 15.8. The van der Waals surface area contributed by atoms with Crippen molar-refractivity contribution < 1.29 is 27.8 Å². The van der Waals surface area contributed by atoms with E-state index >= 15 is 8.78 Å². The molecule has 0 spiro atoms. The number of hydrogen-bond donors (Lipinski definition) is 0. The van der Waals surface area contributed by atoms with Crippen molar-refractivity contribution in [3.05, 3.63) is 0 Å². The molecule has 4 rings (SSSR count). The second-order valence-corrected chi connectivity index (χ2v) is 12.2. The van der Waals surface area contributed by atoms with Crippen molar-refractivity contribution in [2.45, 2.75) is 104 Å². The van der Waals surface area contributed by atoms with Crippen molar-refractivity contribution in [1.82, 2.24) is 0 Å². The molecule has 0 N–H and O–H groups in total. The van der Waals surface area contributed by atoms with Crippen LogP contribution >= 0.6 is 0 Å². The molecule has 0 heterocycles. The quantitative estimate of drug-likeness (QED) is 0.438. The average molecular weight is 469 g/mol. The molecule has 0 bridgehead atoms. The molecule has 0 radical (unpaired) electrons. The van der Waals surface area contributed by atoms with E-state index in [1.54, 1.807) is 0 Å². The van der Waals surface area contributed by atoms with Gasteiger partial charge in [-0.3, -0.25) is 9.59 Å². The molecule has 0 amide bonds. The first-order valence-electron chi connectivity index (χ1n) is 13.0. The molecular weight excluding hydrogens is 426 g/mol. The smallest absolute Gasteiger partial charge is 0.305 e. The lowest BCUT2D eigenvalue weighted by atomic mass is 9.43. The first-order chi connectivity index (χ1) is 15.4. The zero-order valence-electron chi connectivity index (χ0n) is 21.0. The SMILES string of the molecule is COC(=O)CC[C@@H](C)[C@H]1CC[C@H]2[C@@H]3CC(F)(F)[C@H]4C[C@H](OC(C)=O)CC[C@]4(C)[C@H]3CC[C@]12C. The van der Waals surface area contributed by atoms with Crippen LogP contribution in [-0.2, 0) is 19.1 Å². The molecule has 4 saturated carbocycles. The molecule has 0 aromatic heterocycles. The molecule has 4 aliphatic carbocycles. The summed E-state index contributed by atoms with van der Waals surface area (Å²) < 4.78 is 41.7. The van der Waals surface area contributed by atoms with E-state index in [4.69, 9.17) is 9.47 Å². The van der Waals surface area contributed by atoms with Crippen molar-refractivity contribution in [2.24, 2.45) is 46.3 Å². The Morgan fingerprint density at radius 3 is 2.36 bits per heavy atom. The number of ether oxygens (including phenoxy) is 2. The number of carbonyl (C=O) groups is 2. The Kier molecular flexibility index (Phi) is 6.63. The molecule has 4 fully saturated rings. The number of alkyl halides is 2. The van der Waals surface area contributed by atoms with Crippen LogP contribution in [0.25, 0.3) is 0 Å². The number of rotatable bonds is 5. The second kappa shape index (κ2) is 8.78. The van der Waals surface area contributed by atoms with E-state index in [0.29, 0.717) is 42.9 Å². The van der Waals surface area contributed by atoms with Crippen molar-refractivity contribution >= 4 is 11.9 Å². The minimum absolute atomic E-state index is 0.0196. The van der Waals surface area contributed by atoms with E-state index in [0.717, 1.165) is 38.5 Å². The first-order valence-corrected chi connectivity index (χ1v) is 13.0. The lowest BCUT2D eigenvalue weighted by Gasteiger charge is -2.63. The van der Waals surface area contributed by atoms with E-state index in [2.05, 4.69) is 20.8 Å². The van der Waals surface area contributed by atoms with E-state index < -0.39 is 11.8 Å². The van der Waals surface area contributed by atoms with Gasteiger partial charge >= 0.3 is 11.9 Å². The predicted octanol–water partition coefficient (Wildman–Crippen LogP) is 6.41. The van der Waals surface area contributed by atoms with Crippen LogP contribution in [0.5, 0.6) is 0 Å². The number of halogens is 2. The standard InChI is InChI=1S/C27H42F2O4/c1-16(6-9-24(31)32-5)20-7-8-21-19-15-27(28,29)23-14-18(33-17(2)30)10-12-26(23,4)22(19)11-13-25(20,21)3/h16,18-23H,6-15H2,1-5H3/t16-,18-,19+,20-,21+,22+,23+,25-,26-/m1/s1. The summed E-state index contributed by atoms with van der Waals surface area (Å²) in [5.74, 6) is -2.38. The molecular formula is C27H42F2O4. The third kappa shape index (κ3) is 4.22. The van der Waals surface area contributed by atoms with Gasteiger partial charge in [-0.1, -0.05) is 20.8 Å². The van der Waals surface area contributed by atoms with Gasteiger partial charge < -0.3 is 9.47 Å². The van der Waals surface area contributed by atoms with E-state index in [1.165, 1.54) is 14.0 Å². The maximum Gasteiger partial charge on any atom is 0.305 e. The number of esters is 2. The molecule has 0 unspecified atom stereocenters. The molecule has 0 aromatic rings. The fourth-order valence-corrected chi connectivity index (χ4v) is 9.21. The molecule has 33 heavy (non-hydrogen) atoms. The zero-order chi connectivity index (χ0) is 24.2. The third-order valence-corrected chi connectivity index (χ3v) is 10.7. The Hall–Kier alpha value is -1.20. The Balaban J connectivity index is 1.53. The van der Waals surface area contributed by atoms with Crippen LogP contribution in [0.15, 0.2) is 0 Å². The fraction of sp³-hybridized carbons (Fsp3) is 0.926. The highest BCUT2D eigenvalue weighted by Crippen LogP contribution is 2.70. The Morgan fingerprint density at radius 1 is 1.03 bits per heavy atom. The summed E-state index contributed by atoms with van der Waals surface area (Å²) in [4.78, 5) is 23.1. The number of carbonyl (C=O) groups excluding carboxylic acids is 2. The summed E-state index contributed by atoms with van der Waals surface area (Å²) in [6.07, 6.45) is 6.76. The fourth-order valence-electron chi connectivity index (χ4n) is 9.21. The van der Waals surface area contributed by atoms with Crippen LogP contribution in [0.3, 0.4) is 0 Å². The van der Waals surface area contributed by atoms with Gasteiger partial charge in [-0.25, -0.2) is 8.78 Å². The molecule has 0 aromatic carbocycles. The monoisotopic (exact) mass is 468 g/mol. The third-order valence-electron chi connectivity index (χ3n) is 10.7. The van der Waals surface area contributed by atoms with Gasteiger partial charge in [0.05, 0.1) is 7.11 Å². The molecule has 0 saturated heterocycles. The van der Waals surface area contributed by atoms with Gasteiger partial charge in [-0.05, 0) is 91.8 Å². The zero-order valence-corrected chi connectivity index (χ0v) is 21.0. The van der Waals surface area contributed by atoms with Gasteiger partial charge in [-0.2, -0.15) is 0 Å². The van der Waals surface area contributed by atoms with E-state index in [-0.39, 0.29) is 41.2 Å². The molecule has 188 valence electrons. The predicted molar refractivity (Wildman–Crippen MR) is 122 cm³/mol. The highest BCUT2D eigenvalue weighted by atomic mass is 19.3. The van der Waals surface area contributed by atoms with Gasteiger partial charge in [0.1, 0.15) is 6.10 Å². The molecule has 0 aliphatic heterocycles. The van der Waals surface area contributed by atoms with E-state index in [9.17, 15) is 9.59 Å². The second-order valence-electron chi connectivity index (χ2n) is 12.2. The van der Waals surface area contributed by atoms with Gasteiger partial charge in [0, 0.05) is 25.7 Å². The van der Waals surface area contributed by atoms with Gasteiger partial charge in [0.25, 0.3) is 5.92 Å². The summed E-state index contributed by atoms with van der Waals surface area (Å²) in [5, 5.41) is 0. The summed E-state index contributed by atoms with van der Waals surface area (Å²) >= 11 is 0. The molecule has 9 atom stereocenters. The Bertz CT molecular complexity index is 769. The highest BCUT2D eigenvalue weighted by Gasteiger charge is 2.67. The first kappa shape index (κ1) is 24.9. The highest BCUT2D eigenvalue weighted by molar-refractivity contribution is 5.69. The summed E-state index contributed by atoms with van der Waals surface area (Å²) in [7, 11) is 1.43. The van der Waals surface area contributed by atoms with Crippen LogP contribution in [0.1, 0.15) is 91.9 Å². The van der Waals surface area contributed by atoms with Crippen molar-refractivity contribution in [3.63, 3.8) is 0 Å². The van der Waals surface area contributed by atoms with Gasteiger partial charge in [0.2, 0.25) is 0 Å². The molecule has 6 heteroatoms. The van der Waals surface area contributed by atoms with Crippen LogP contribution in [0.2, 0.25) is 0 Å². The number of fused-ring (bicyclic) bond motifs is 5. The van der Waals surface area contributed by atoms with Gasteiger partial charge in [0.15, 0.2) is 0 Å². The average Bonchev–Trinajstić information content (AvgIpc) is 3.09. The minimum atomic E-state index is -2.72. The van der Waals surface area contributed by atoms with Gasteiger partial charge in [-0.15, -0.1) is 0 Å².